The molecule has 1 atom stereocenters. The highest BCUT2D eigenvalue weighted by Crippen LogP contribution is 2.43. The number of hydrogen-bond donors (Lipinski definition) is 1. The second kappa shape index (κ2) is 5.43. The molecule has 114 valence electrons. The minimum atomic E-state index is 0.000926. The van der Waals surface area contributed by atoms with Gasteiger partial charge in [0.15, 0.2) is 0 Å². The smallest absolute Gasteiger partial charge is 0.225 e. The monoisotopic (exact) mass is 303 g/mol. The molecule has 0 aromatic heterocycles. The van der Waals surface area contributed by atoms with Crippen LogP contribution in [0.25, 0.3) is 10.8 Å². The van der Waals surface area contributed by atoms with Gasteiger partial charge in [-0.1, -0.05) is 48.5 Å². The maximum Gasteiger partial charge on any atom is 0.225 e. The first-order valence-electron chi connectivity index (χ1n) is 7.72. The normalized spacial score (nSPS) is 16.7. The lowest BCUT2D eigenvalue weighted by Gasteiger charge is -2.28. The maximum atomic E-state index is 12.2. The third-order valence-electron chi connectivity index (χ3n) is 4.50. The molecule has 1 heterocycles. The van der Waals surface area contributed by atoms with Gasteiger partial charge >= 0.3 is 0 Å². The van der Waals surface area contributed by atoms with Gasteiger partial charge in [-0.15, -0.1) is 0 Å². The molecule has 23 heavy (non-hydrogen) atoms. The Labute approximate surface area is 134 Å². The maximum absolute atomic E-state index is 12.2. The average molecular weight is 303 g/mol. The summed E-state index contributed by atoms with van der Waals surface area (Å²) >= 11 is 0. The Hall–Kier alpha value is -2.81. The third-order valence-corrected chi connectivity index (χ3v) is 4.50. The zero-order valence-corrected chi connectivity index (χ0v) is 12.9. The van der Waals surface area contributed by atoms with Gasteiger partial charge in [-0.2, -0.15) is 0 Å². The van der Waals surface area contributed by atoms with E-state index in [1.165, 1.54) is 16.3 Å². The van der Waals surface area contributed by atoms with E-state index < -0.39 is 0 Å². The first kappa shape index (κ1) is 13.8. The molecule has 0 saturated carbocycles. The molecule has 1 N–H and O–H groups in total. The van der Waals surface area contributed by atoms with Crippen LogP contribution in [0.1, 0.15) is 23.5 Å². The van der Waals surface area contributed by atoms with Crippen LogP contribution in [0.4, 0.5) is 5.69 Å². The van der Waals surface area contributed by atoms with Crippen molar-refractivity contribution in [1.29, 1.82) is 0 Å². The quantitative estimate of drug-likeness (QED) is 0.765. The Morgan fingerprint density at radius 1 is 1.00 bits per heavy atom. The molecule has 0 bridgehead atoms. The third kappa shape index (κ3) is 2.25. The Bertz CT molecular complexity index is 901. The Kier molecular flexibility index (Phi) is 3.27. The van der Waals surface area contributed by atoms with Crippen LogP contribution >= 0.6 is 0 Å². The molecule has 0 aliphatic carbocycles. The highest BCUT2D eigenvalue weighted by Gasteiger charge is 2.29. The van der Waals surface area contributed by atoms with Crippen molar-refractivity contribution in [2.75, 3.05) is 12.4 Å². The molecule has 3 heteroatoms. The number of rotatable bonds is 2. The molecule has 3 nitrogen and oxygen atoms in total. The minimum Gasteiger partial charge on any atom is -0.496 e. The van der Waals surface area contributed by atoms with Crippen molar-refractivity contribution >= 4 is 22.4 Å². The fraction of sp³-hybridized carbons (Fsp3) is 0.150. The van der Waals surface area contributed by atoms with Crippen molar-refractivity contribution in [3.05, 3.63) is 71.8 Å². The number of carbonyl (C=O) groups is 1. The second-order valence-corrected chi connectivity index (χ2v) is 5.79. The predicted octanol–water partition coefficient (Wildman–Crippen LogP) is 4.32. The molecular weight excluding hydrogens is 286 g/mol. The number of anilines is 1. The van der Waals surface area contributed by atoms with Crippen LogP contribution in [0, 0.1) is 0 Å². The van der Waals surface area contributed by atoms with Gasteiger partial charge in [0.25, 0.3) is 0 Å². The van der Waals surface area contributed by atoms with Crippen molar-refractivity contribution in [1.82, 2.24) is 0 Å². The Morgan fingerprint density at radius 2 is 1.78 bits per heavy atom. The fourth-order valence-corrected chi connectivity index (χ4v) is 3.49. The summed E-state index contributed by atoms with van der Waals surface area (Å²) in [7, 11) is 1.67. The van der Waals surface area contributed by atoms with E-state index in [9.17, 15) is 4.79 Å². The number of ether oxygens (including phenoxy) is 1. The molecule has 4 rings (SSSR count). The Balaban J connectivity index is 2.00. The summed E-state index contributed by atoms with van der Waals surface area (Å²) in [4.78, 5) is 12.2. The zero-order chi connectivity index (χ0) is 15.8. The molecule has 0 spiro atoms. The molecule has 0 radical (unpaired) electrons. The molecule has 3 aromatic rings. The highest BCUT2D eigenvalue weighted by molar-refractivity contribution is 6.01. The summed E-state index contributed by atoms with van der Waals surface area (Å²) in [5.41, 5.74) is 3.13. The average Bonchev–Trinajstić information content (AvgIpc) is 2.60. The number of hydrogen-bond acceptors (Lipinski definition) is 2. The topological polar surface area (TPSA) is 38.3 Å². The van der Waals surface area contributed by atoms with E-state index >= 15 is 0 Å². The van der Waals surface area contributed by atoms with Crippen LogP contribution < -0.4 is 10.1 Å². The molecular formula is C20H17NO2. The van der Waals surface area contributed by atoms with Gasteiger partial charge in [-0.25, -0.2) is 0 Å². The van der Waals surface area contributed by atoms with Gasteiger partial charge in [0, 0.05) is 23.6 Å². The van der Waals surface area contributed by atoms with Gasteiger partial charge < -0.3 is 10.1 Å². The lowest BCUT2D eigenvalue weighted by Crippen LogP contribution is -2.24. The summed E-state index contributed by atoms with van der Waals surface area (Å²) in [6.45, 7) is 0. The van der Waals surface area contributed by atoms with Crippen LogP contribution in [0.5, 0.6) is 5.75 Å². The van der Waals surface area contributed by atoms with Crippen LogP contribution in [-0.2, 0) is 4.79 Å². The first-order chi connectivity index (χ1) is 11.3. The van der Waals surface area contributed by atoms with Gasteiger partial charge in [-0.05, 0) is 28.5 Å². The van der Waals surface area contributed by atoms with E-state index in [1.54, 1.807) is 7.11 Å². The van der Waals surface area contributed by atoms with Crippen molar-refractivity contribution in [3.63, 3.8) is 0 Å². The van der Waals surface area contributed by atoms with E-state index in [2.05, 4.69) is 23.5 Å². The first-order valence-corrected chi connectivity index (χ1v) is 7.72. The van der Waals surface area contributed by atoms with E-state index in [0.29, 0.717) is 6.42 Å². The molecule has 1 aliphatic rings. The van der Waals surface area contributed by atoms with Crippen LogP contribution in [0.3, 0.4) is 0 Å². The fourth-order valence-electron chi connectivity index (χ4n) is 3.49. The minimum absolute atomic E-state index is 0.000926. The van der Waals surface area contributed by atoms with Gasteiger partial charge in [0.2, 0.25) is 5.91 Å². The van der Waals surface area contributed by atoms with Crippen molar-refractivity contribution in [2.24, 2.45) is 0 Å². The molecule has 0 saturated heterocycles. The standard InChI is InChI=1S/C20H17NO2/c1-23-18-9-5-4-8-15(18)16-12-19(22)21-17-11-10-13-6-2-3-7-14(13)20(16)17/h2-11,16H,12H2,1H3,(H,21,22)/t16-/m0/s1. The summed E-state index contributed by atoms with van der Waals surface area (Å²) in [5.74, 6) is 0.871. The van der Waals surface area contributed by atoms with Gasteiger partial charge in [-0.3, -0.25) is 4.79 Å². The molecule has 1 aliphatic heterocycles. The van der Waals surface area contributed by atoms with E-state index in [-0.39, 0.29) is 11.8 Å². The number of para-hydroxylation sites is 1. The number of amides is 1. The number of fused-ring (bicyclic) bond motifs is 3. The lowest BCUT2D eigenvalue weighted by atomic mass is 9.81. The summed E-state index contributed by atoms with van der Waals surface area (Å²) in [6.07, 6.45) is 0.432. The van der Waals surface area contributed by atoms with Crippen LogP contribution in [0.2, 0.25) is 0 Å². The number of methoxy groups -OCH3 is 1. The highest BCUT2D eigenvalue weighted by atomic mass is 16.5. The zero-order valence-electron chi connectivity index (χ0n) is 12.9. The Morgan fingerprint density at radius 3 is 2.65 bits per heavy atom. The van der Waals surface area contributed by atoms with E-state index in [1.807, 2.05) is 42.5 Å². The molecule has 1 amide bonds. The summed E-state index contributed by atoms with van der Waals surface area (Å²) in [6, 6.07) is 20.3. The lowest BCUT2D eigenvalue weighted by molar-refractivity contribution is -0.116. The molecule has 0 fully saturated rings. The summed E-state index contributed by atoms with van der Waals surface area (Å²) < 4.78 is 5.53. The van der Waals surface area contributed by atoms with Crippen molar-refractivity contribution in [2.45, 2.75) is 12.3 Å². The van der Waals surface area contributed by atoms with Crippen molar-refractivity contribution < 1.29 is 9.53 Å². The van der Waals surface area contributed by atoms with E-state index in [0.717, 1.165) is 17.0 Å². The number of carbonyl (C=O) groups excluding carboxylic acids is 1. The largest absolute Gasteiger partial charge is 0.496 e. The second-order valence-electron chi connectivity index (χ2n) is 5.79. The van der Waals surface area contributed by atoms with Crippen LogP contribution in [-0.4, -0.2) is 13.0 Å². The van der Waals surface area contributed by atoms with Crippen molar-refractivity contribution in [3.8, 4) is 5.75 Å². The number of benzene rings is 3. The van der Waals surface area contributed by atoms with Gasteiger partial charge in [0.05, 0.1) is 7.11 Å². The van der Waals surface area contributed by atoms with E-state index in [4.69, 9.17) is 4.74 Å². The number of nitrogens with one attached hydrogen (secondary N) is 1. The SMILES string of the molecule is COc1ccccc1[C@@H]1CC(=O)Nc2ccc3ccccc3c21. The van der Waals surface area contributed by atoms with Crippen LogP contribution in [0.15, 0.2) is 60.7 Å². The molecule has 3 aromatic carbocycles. The van der Waals surface area contributed by atoms with Gasteiger partial charge in [0.1, 0.15) is 5.75 Å². The molecule has 0 unspecified atom stereocenters. The predicted molar refractivity (Wildman–Crippen MR) is 92.0 cm³/mol. The summed E-state index contributed by atoms with van der Waals surface area (Å²) in [5, 5.41) is 5.37.